The number of carboxylic acid groups (broad SMARTS) is 1. The quantitative estimate of drug-likeness (QED) is 0.378. The number of hydrogen-bond acceptors (Lipinski definition) is 5. The van der Waals surface area contributed by atoms with E-state index in [4.69, 9.17) is 14.3 Å². The van der Waals surface area contributed by atoms with E-state index in [1.165, 1.54) is 0 Å². The highest BCUT2D eigenvalue weighted by atomic mass is 16.5. The summed E-state index contributed by atoms with van der Waals surface area (Å²) in [7, 11) is 1.55. The van der Waals surface area contributed by atoms with Crippen molar-refractivity contribution in [2.75, 3.05) is 7.11 Å². The van der Waals surface area contributed by atoms with Crippen molar-refractivity contribution in [3.8, 4) is 16.9 Å². The van der Waals surface area contributed by atoms with Crippen molar-refractivity contribution >= 4 is 22.8 Å². The highest BCUT2D eigenvalue weighted by Gasteiger charge is 2.23. The minimum Gasteiger partial charge on any atom is -0.497 e. The number of amides is 1. The maximum absolute atomic E-state index is 12.6. The minimum absolute atomic E-state index is 0.0102. The lowest BCUT2D eigenvalue weighted by atomic mass is 10.00. The molecule has 0 radical (unpaired) electrons. The number of carbonyl (C=O) groups is 2. The van der Waals surface area contributed by atoms with Gasteiger partial charge in [0.2, 0.25) is 0 Å². The number of aliphatic carboxylic acids is 1. The topological polar surface area (TPSA) is 109 Å². The van der Waals surface area contributed by atoms with Gasteiger partial charge >= 0.3 is 5.97 Å². The molecule has 4 rings (SSSR count). The Morgan fingerprint density at radius 2 is 1.58 bits per heavy atom. The number of rotatable bonds is 8. The molecule has 1 amide bonds. The fraction of sp³-hybridized carbons (Fsp3) is 0.154. The first-order chi connectivity index (χ1) is 16.0. The molecule has 0 aliphatic rings. The van der Waals surface area contributed by atoms with Crippen LogP contribution in [0, 0.1) is 0 Å². The molecule has 1 atom stereocenters. The second-order valence-corrected chi connectivity index (χ2v) is 7.63. The van der Waals surface area contributed by atoms with Gasteiger partial charge in [0.25, 0.3) is 5.91 Å². The molecule has 1 heterocycles. The van der Waals surface area contributed by atoms with Gasteiger partial charge in [-0.15, -0.1) is 0 Å². The predicted octanol–water partition coefficient (Wildman–Crippen LogP) is 4.03. The summed E-state index contributed by atoms with van der Waals surface area (Å²) in [6, 6.07) is 20.6. The third-order valence-electron chi connectivity index (χ3n) is 5.41. The first kappa shape index (κ1) is 22.1. The minimum atomic E-state index is -1.13. The molecule has 33 heavy (non-hydrogen) atoms. The molecule has 3 N–H and O–H groups in total. The van der Waals surface area contributed by atoms with E-state index in [1.54, 1.807) is 31.4 Å². The van der Waals surface area contributed by atoms with E-state index < -0.39 is 17.9 Å². The van der Waals surface area contributed by atoms with Crippen LogP contribution in [0.5, 0.6) is 5.75 Å². The Morgan fingerprint density at radius 1 is 0.939 bits per heavy atom. The highest BCUT2D eigenvalue weighted by Crippen LogP contribution is 2.24. The van der Waals surface area contributed by atoms with Gasteiger partial charge in [-0.2, -0.15) is 0 Å². The van der Waals surface area contributed by atoms with Gasteiger partial charge in [0.05, 0.1) is 13.7 Å². The maximum Gasteiger partial charge on any atom is 0.326 e. The number of hydrogen-bond donors (Lipinski definition) is 3. The van der Waals surface area contributed by atoms with Crippen molar-refractivity contribution in [2.45, 2.75) is 19.1 Å². The molecule has 7 heteroatoms. The van der Waals surface area contributed by atoms with Crippen LogP contribution in [-0.2, 0) is 17.8 Å². The molecule has 0 unspecified atom stereocenters. The van der Waals surface area contributed by atoms with Crippen molar-refractivity contribution in [2.24, 2.45) is 0 Å². The SMILES string of the molecule is COc1ccc2oc(C(=O)N[C@@H](Cc3ccc(-c4ccc(CO)cc4)cc3)C(=O)O)cc2c1. The van der Waals surface area contributed by atoms with Crippen molar-refractivity contribution in [1.82, 2.24) is 5.32 Å². The highest BCUT2D eigenvalue weighted by molar-refractivity contribution is 5.98. The smallest absolute Gasteiger partial charge is 0.326 e. The van der Waals surface area contributed by atoms with Gasteiger partial charge < -0.3 is 24.7 Å². The fourth-order valence-corrected chi connectivity index (χ4v) is 3.56. The monoisotopic (exact) mass is 445 g/mol. The summed E-state index contributed by atoms with van der Waals surface area (Å²) >= 11 is 0. The van der Waals surface area contributed by atoms with Crippen LogP contribution in [0.4, 0.5) is 0 Å². The molecule has 168 valence electrons. The summed E-state index contributed by atoms with van der Waals surface area (Å²) in [4.78, 5) is 24.4. The van der Waals surface area contributed by atoms with Crippen molar-refractivity contribution in [3.05, 3.63) is 89.7 Å². The Balaban J connectivity index is 1.46. The number of carbonyl (C=O) groups excluding carboxylic acids is 1. The lowest BCUT2D eigenvalue weighted by Gasteiger charge is -2.14. The summed E-state index contributed by atoms with van der Waals surface area (Å²) in [5.41, 5.74) is 4.07. The van der Waals surface area contributed by atoms with E-state index in [0.717, 1.165) is 22.3 Å². The number of nitrogens with one attached hydrogen (secondary N) is 1. The second-order valence-electron chi connectivity index (χ2n) is 7.63. The summed E-state index contributed by atoms with van der Waals surface area (Å²) in [5, 5.41) is 22.0. The molecule has 0 saturated heterocycles. The Kier molecular flexibility index (Phi) is 6.42. The average Bonchev–Trinajstić information content (AvgIpc) is 3.27. The van der Waals surface area contributed by atoms with Crippen LogP contribution in [0.15, 0.2) is 77.2 Å². The summed E-state index contributed by atoms with van der Waals surface area (Å²) in [6.45, 7) is -0.0102. The molecule has 0 aliphatic carbocycles. The zero-order valence-electron chi connectivity index (χ0n) is 17.9. The summed E-state index contributed by atoms with van der Waals surface area (Å²) in [6.07, 6.45) is 0.124. The molecular weight excluding hydrogens is 422 g/mol. The maximum atomic E-state index is 12.6. The molecule has 0 saturated carbocycles. The molecule has 0 fully saturated rings. The van der Waals surface area contributed by atoms with E-state index in [9.17, 15) is 14.7 Å². The zero-order valence-corrected chi connectivity index (χ0v) is 17.9. The molecule has 0 aliphatic heterocycles. The predicted molar refractivity (Wildman–Crippen MR) is 123 cm³/mol. The van der Waals surface area contributed by atoms with Crippen LogP contribution in [0.3, 0.4) is 0 Å². The lowest BCUT2D eigenvalue weighted by molar-refractivity contribution is -0.139. The number of benzene rings is 3. The average molecular weight is 445 g/mol. The first-order valence-electron chi connectivity index (χ1n) is 10.4. The van der Waals surface area contributed by atoms with E-state index in [1.807, 2.05) is 48.5 Å². The van der Waals surface area contributed by atoms with Crippen LogP contribution in [0.25, 0.3) is 22.1 Å². The number of ether oxygens (including phenoxy) is 1. The molecule has 0 spiro atoms. The standard InChI is InChI=1S/C26H23NO6/c1-32-21-10-11-23-20(13-21)14-24(33-23)25(29)27-22(26(30)31)12-16-2-6-18(7-3-16)19-8-4-17(15-28)5-9-19/h2-11,13-14,22,28H,12,15H2,1H3,(H,27,29)(H,30,31)/t22-/m0/s1. The third kappa shape index (κ3) is 5.05. The molecular formula is C26H23NO6. The molecule has 7 nitrogen and oxygen atoms in total. The molecule has 0 bridgehead atoms. The second kappa shape index (κ2) is 9.58. The molecule has 1 aromatic heterocycles. The van der Waals surface area contributed by atoms with Gasteiger partial charge in [0.1, 0.15) is 17.4 Å². The number of aliphatic hydroxyl groups is 1. The third-order valence-corrected chi connectivity index (χ3v) is 5.41. The Labute approximate surface area is 190 Å². The van der Waals surface area contributed by atoms with Gasteiger partial charge in [-0.1, -0.05) is 48.5 Å². The van der Waals surface area contributed by atoms with Gasteiger partial charge in [0.15, 0.2) is 5.76 Å². The number of aliphatic hydroxyl groups excluding tert-OH is 1. The van der Waals surface area contributed by atoms with E-state index >= 15 is 0 Å². The normalized spacial score (nSPS) is 11.8. The Bertz CT molecular complexity index is 1270. The lowest BCUT2D eigenvalue weighted by Crippen LogP contribution is -2.42. The Hall–Kier alpha value is -4.10. The molecule has 3 aromatic carbocycles. The fourth-order valence-electron chi connectivity index (χ4n) is 3.56. The number of furan rings is 1. The largest absolute Gasteiger partial charge is 0.497 e. The Morgan fingerprint density at radius 3 is 2.15 bits per heavy atom. The zero-order chi connectivity index (χ0) is 23.4. The van der Waals surface area contributed by atoms with E-state index in [0.29, 0.717) is 16.7 Å². The van der Waals surface area contributed by atoms with Crippen molar-refractivity contribution in [3.63, 3.8) is 0 Å². The molecule has 4 aromatic rings. The number of fused-ring (bicyclic) bond motifs is 1. The first-order valence-corrected chi connectivity index (χ1v) is 10.4. The van der Waals surface area contributed by atoms with Gasteiger partial charge in [-0.25, -0.2) is 4.79 Å². The number of methoxy groups -OCH3 is 1. The van der Waals surface area contributed by atoms with Crippen LogP contribution in [0.1, 0.15) is 21.7 Å². The van der Waals surface area contributed by atoms with E-state index in [-0.39, 0.29) is 18.8 Å². The van der Waals surface area contributed by atoms with Crippen molar-refractivity contribution < 1.29 is 29.0 Å². The summed E-state index contributed by atoms with van der Waals surface area (Å²) in [5.74, 6) is -1.07. The van der Waals surface area contributed by atoms with Gasteiger partial charge in [-0.3, -0.25) is 4.79 Å². The van der Waals surface area contributed by atoms with Crippen LogP contribution in [0.2, 0.25) is 0 Å². The van der Waals surface area contributed by atoms with Crippen molar-refractivity contribution in [1.29, 1.82) is 0 Å². The number of carboxylic acids is 1. The van der Waals surface area contributed by atoms with Crippen LogP contribution >= 0.6 is 0 Å². The van der Waals surface area contributed by atoms with E-state index in [2.05, 4.69) is 5.32 Å². The van der Waals surface area contributed by atoms with Crippen LogP contribution in [-0.4, -0.2) is 35.2 Å². The summed E-state index contributed by atoms with van der Waals surface area (Å²) < 4.78 is 10.7. The van der Waals surface area contributed by atoms with Gasteiger partial charge in [0, 0.05) is 11.8 Å². The van der Waals surface area contributed by atoms with Gasteiger partial charge in [-0.05, 0) is 46.5 Å². The van der Waals surface area contributed by atoms with Crippen LogP contribution < -0.4 is 10.1 Å².